The molecule has 16 heavy (non-hydrogen) atoms. The molecule has 1 aromatic heterocycles. The van der Waals surface area contributed by atoms with Gasteiger partial charge in [0.05, 0.1) is 6.61 Å². The highest BCUT2D eigenvalue weighted by molar-refractivity contribution is 7.89. The lowest BCUT2D eigenvalue weighted by atomic mass is 10.3. The van der Waals surface area contributed by atoms with Gasteiger partial charge in [0.15, 0.2) is 0 Å². The summed E-state index contributed by atoms with van der Waals surface area (Å²) in [5.41, 5.74) is -0.523. The van der Waals surface area contributed by atoms with Crippen LogP contribution in [0.15, 0.2) is 28.2 Å². The smallest absolute Gasteiger partial charge is 0.246 e. The summed E-state index contributed by atoms with van der Waals surface area (Å²) in [5.74, 6) is 0. The Kier molecular flexibility index (Phi) is 3.08. The number of rotatable bonds is 3. The third-order valence-corrected chi connectivity index (χ3v) is 3.87. The normalized spacial score (nSPS) is 21.1. The van der Waals surface area contributed by atoms with Gasteiger partial charge < -0.3 is 9.72 Å². The maximum Gasteiger partial charge on any atom is 0.246 e. The summed E-state index contributed by atoms with van der Waals surface area (Å²) >= 11 is 0. The molecule has 2 N–H and O–H groups in total. The minimum atomic E-state index is -3.75. The van der Waals surface area contributed by atoms with Gasteiger partial charge in [0.1, 0.15) is 4.90 Å². The van der Waals surface area contributed by atoms with Gasteiger partial charge in [0.2, 0.25) is 15.5 Å². The molecule has 7 heteroatoms. The number of hydrogen-bond acceptors (Lipinski definition) is 4. The van der Waals surface area contributed by atoms with Crippen molar-refractivity contribution in [2.75, 3.05) is 13.2 Å². The Balaban J connectivity index is 2.25. The second kappa shape index (κ2) is 4.36. The van der Waals surface area contributed by atoms with Crippen molar-refractivity contribution in [3.05, 3.63) is 28.7 Å². The van der Waals surface area contributed by atoms with Gasteiger partial charge >= 0.3 is 0 Å². The zero-order valence-corrected chi connectivity index (χ0v) is 9.29. The van der Waals surface area contributed by atoms with E-state index in [4.69, 9.17) is 4.74 Å². The summed E-state index contributed by atoms with van der Waals surface area (Å²) in [5, 5.41) is 0. The fraction of sp³-hybridized carbons (Fsp3) is 0.444. The number of pyridine rings is 1. The molecule has 1 fully saturated rings. The number of aromatic nitrogens is 1. The first-order valence-electron chi connectivity index (χ1n) is 4.87. The number of H-pyrrole nitrogens is 1. The van der Waals surface area contributed by atoms with E-state index >= 15 is 0 Å². The molecule has 0 aromatic carbocycles. The summed E-state index contributed by atoms with van der Waals surface area (Å²) < 4.78 is 31.1. The van der Waals surface area contributed by atoms with Crippen molar-refractivity contribution in [3.8, 4) is 0 Å². The molecule has 0 spiro atoms. The third kappa shape index (κ3) is 2.31. The molecule has 2 heterocycles. The number of hydrogen-bond donors (Lipinski definition) is 2. The van der Waals surface area contributed by atoms with Crippen molar-refractivity contribution in [2.45, 2.75) is 17.4 Å². The average molecular weight is 244 g/mol. The van der Waals surface area contributed by atoms with E-state index in [2.05, 4.69) is 9.71 Å². The minimum Gasteiger partial charge on any atom is -0.380 e. The van der Waals surface area contributed by atoms with Crippen LogP contribution in [0.2, 0.25) is 0 Å². The standard InChI is InChI=1S/C9H12N2O4S/c12-8-1-3-10-5-9(8)16(13,14)11-7-2-4-15-6-7/h1,3,5,7,11H,2,4,6H2,(H,10,12). The molecule has 0 saturated carbocycles. The van der Waals surface area contributed by atoms with E-state index in [0.717, 1.165) is 0 Å². The van der Waals surface area contributed by atoms with Crippen LogP contribution in [0.3, 0.4) is 0 Å². The molecule has 0 bridgehead atoms. The fourth-order valence-electron chi connectivity index (χ4n) is 1.52. The Bertz CT molecular complexity index is 516. The zero-order valence-electron chi connectivity index (χ0n) is 8.47. The Labute approximate surface area is 92.7 Å². The van der Waals surface area contributed by atoms with Gasteiger partial charge in [-0.1, -0.05) is 0 Å². The molecule has 2 rings (SSSR count). The summed E-state index contributed by atoms with van der Waals surface area (Å²) in [7, 11) is -3.75. The first-order valence-corrected chi connectivity index (χ1v) is 6.35. The second-order valence-electron chi connectivity index (χ2n) is 3.55. The highest BCUT2D eigenvalue weighted by Gasteiger charge is 2.24. The average Bonchev–Trinajstić information content (AvgIpc) is 2.70. The predicted octanol–water partition coefficient (Wildman–Crippen LogP) is -0.558. The monoisotopic (exact) mass is 244 g/mol. The molecule has 0 aliphatic carbocycles. The molecule has 6 nitrogen and oxygen atoms in total. The molecule has 0 amide bonds. The molecule has 88 valence electrons. The SMILES string of the molecule is O=c1cc[nH]cc1S(=O)(=O)NC1CCOC1. The van der Waals surface area contributed by atoms with Gasteiger partial charge in [0, 0.05) is 31.1 Å². The van der Waals surface area contributed by atoms with E-state index in [1.165, 1.54) is 18.5 Å². The van der Waals surface area contributed by atoms with Gasteiger partial charge in [-0.2, -0.15) is 0 Å². The number of ether oxygens (including phenoxy) is 1. The Morgan fingerprint density at radius 2 is 2.31 bits per heavy atom. The molecule has 1 aliphatic rings. The topological polar surface area (TPSA) is 88.3 Å². The van der Waals surface area contributed by atoms with Crippen molar-refractivity contribution in [2.24, 2.45) is 0 Å². The van der Waals surface area contributed by atoms with Crippen molar-refractivity contribution in [1.82, 2.24) is 9.71 Å². The van der Waals surface area contributed by atoms with Crippen LogP contribution in [-0.4, -0.2) is 32.7 Å². The van der Waals surface area contributed by atoms with Crippen LogP contribution >= 0.6 is 0 Å². The Morgan fingerprint density at radius 3 is 2.94 bits per heavy atom. The van der Waals surface area contributed by atoms with Crippen LogP contribution in [0.1, 0.15) is 6.42 Å². The summed E-state index contributed by atoms with van der Waals surface area (Å²) in [6.07, 6.45) is 3.20. The van der Waals surface area contributed by atoms with Gasteiger partial charge in [-0.15, -0.1) is 0 Å². The molecule has 1 atom stereocenters. The molecule has 1 aliphatic heterocycles. The third-order valence-electron chi connectivity index (χ3n) is 2.33. The van der Waals surface area contributed by atoms with Crippen LogP contribution < -0.4 is 10.2 Å². The fourth-order valence-corrected chi connectivity index (χ4v) is 2.83. The lowest BCUT2D eigenvalue weighted by Gasteiger charge is -2.10. The Morgan fingerprint density at radius 1 is 1.50 bits per heavy atom. The lowest BCUT2D eigenvalue weighted by molar-refractivity contribution is 0.192. The quantitative estimate of drug-likeness (QED) is 0.746. The highest BCUT2D eigenvalue weighted by atomic mass is 32.2. The maximum absolute atomic E-state index is 11.8. The van der Waals surface area contributed by atoms with Gasteiger partial charge in [-0.3, -0.25) is 4.79 Å². The lowest BCUT2D eigenvalue weighted by Crippen LogP contribution is -2.37. The van der Waals surface area contributed by atoms with Crippen LogP contribution in [0.4, 0.5) is 0 Å². The largest absolute Gasteiger partial charge is 0.380 e. The molecular weight excluding hydrogens is 232 g/mol. The van der Waals surface area contributed by atoms with Gasteiger partial charge in [-0.05, 0) is 6.42 Å². The number of nitrogens with one attached hydrogen (secondary N) is 2. The molecular formula is C9H12N2O4S. The van der Waals surface area contributed by atoms with E-state index in [-0.39, 0.29) is 10.9 Å². The molecule has 1 unspecified atom stereocenters. The van der Waals surface area contributed by atoms with Crippen LogP contribution in [0, 0.1) is 0 Å². The van der Waals surface area contributed by atoms with Crippen LogP contribution in [-0.2, 0) is 14.8 Å². The molecule has 0 radical (unpaired) electrons. The van der Waals surface area contributed by atoms with Gasteiger partial charge in [-0.25, -0.2) is 13.1 Å². The zero-order chi connectivity index (χ0) is 11.6. The number of aromatic amines is 1. The van der Waals surface area contributed by atoms with E-state index in [1.807, 2.05) is 0 Å². The first-order chi connectivity index (χ1) is 7.59. The van der Waals surface area contributed by atoms with Crippen LogP contribution in [0.25, 0.3) is 0 Å². The van der Waals surface area contributed by atoms with E-state index < -0.39 is 15.5 Å². The van der Waals surface area contributed by atoms with E-state index in [0.29, 0.717) is 19.6 Å². The van der Waals surface area contributed by atoms with Crippen molar-refractivity contribution in [3.63, 3.8) is 0 Å². The molecule has 1 aromatic rings. The van der Waals surface area contributed by atoms with Crippen molar-refractivity contribution in [1.29, 1.82) is 0 Å². The van der Waals surface area contributed by atoms with Crippen molar-refractivity contribution >= 4 is 10.0 Å². The van der Waals surface area contributed by atoms with Crippen molar-refractivity contribution < 1.29 is 13.2 Å². The second-order valence-corrected chi connectivity index (χ2v) is 5.24. The van der Waals surface area contributed by atoms with E-state index in [9.17, 15) is 13.2 Å². The summed E-state index contributed by atoms with van der Waals surface area (Å²) in [6.45, 7) is 0.891. The Hall–Kier alpha value is -1.18. The van der Waals surface area contributed by atoms with Crippen LogP contribution in [0.5, 0.6) is 0 Å². The maximum atomic E-state index is 11.8. The predicted molar refractivity (Wildman–Crippen MR) is 56.6 cm³/mol. The van der Waals surface area contributed by atoms with E-state index in [1.54, 1.807) is 0 Å². The molecule has 1 saturated heterocycles. The highest BCUT2D eigenvalue weighted by Crippen LogP contribution is 2.08. The van der Waals surface area contributed by atoms with Gasteiger partial charge in [0.25, 0.3) is 0 Å². The number of sulfonamides is 1. The first kappa shape index (κ1) is 11.3. The summed E-state index contributed by atoms with van der Waals surface area (Å²) in [6, 6.07) is 0.935. The minimum absolute atomic E-state index is 0.246. The summed E-state index contributed by atoms with van der Waals surface area (Å²) in [4.78, 5) is 13.7.